The maximum atomic E-state index is 10.2. The van der Waals surface area contributed by atoms with Crippen molar-refractivity contribution in [2.24, 2.45) is 0 Å². The molecule has 0 saturated carbocycles. The Labute approximate surface area is 307 Å². The summed E-state index contributed by atoms with van der Waals surface area (Å²) >= 11 is 0. The molecule has 0 saturated heterocycles. The monoisotopic (exact) mass is 736 g/mol. The first kappa shape index (κ1) is 47.8. The van der Waals surface area contributed by atoms with Crippen molar-refractivity contribution in [1.82, 2.24) is 0 Å². The molecule has 7 heteroatoms. The van der Waals surface area contributed by atoms with E-state index in [0.29, 0.717) is 0 Å². The van der Waals surface area contributed by atoms with Gasteiger partial charge in [-0.3, -0.25) is 0 Å². The smallest absolute Gasteiger partial charge is 0.550 e. The molecule has 0 radical (unpaired) electrons. The summed E-state index contributed by atoms with van der Waals surface area (Å²) in [6, 6.07) is 0. The summed E-state index contributed by atoms with van der Waals surface area (Å²) in [7, 11) is 0. The summed E-state index contributed by atoms with van der Waals surface area (Å²) in [5.74, 6) is -1.83. The molecule has 2 atom stereocenters. The van der Waals surface area contributed by atoms with E-state index in [2.05, 4.69) is 0 Å². The normalized spacial score (nSPS) is 12.2. The van der Waals surface area contributed by atoms with Crippen LogP contribution in [-0.2, 0) is 9.59 Å². The molecule has 0 bridgehead atoms. The minimum absolute atomic E-state index is 0. The first-order chi connectivity index (χ1) is 20.3. The SMILES string of the molecule is CC(O)CCCCCCCCCCCCCCCC(=O)[O-].CC(O)CCCCCCCCCCCCCCCC(=O)[O-].[Ba+2]. The number of unbranched alkanes of at least 4 members (excludes halogenated alkanes) is 24. The molecule has 0 heterocycles. The van der Waals surface area contributed by atoms with Crippen LogP contribution < -0.4 is 10.2 Å². The third kappa shape index (κ3) is 52.3. The first-order valence-electron chi connectivity index (χ1n) is 18.0. The van der Waals surface area contributed by atoms with Crippen LogP contribution in [0.3, 0.4) is 0 Å². The van der Waals surface area contributed by atoms with E-state index in [-0.39, 0.29) is 73.9 Å². The largest absolute Gasteiger partial charge is 2.00 e. The van der Waals surface area contributed by atoms with Crippen molar-refractivity contribution >= 4 is 60.8 Å². The molecule has 43 heavy (non-hydrogen) atoms. The van der Waals surface area contributed by atoms with Crippen LogP contribution >= 0.6 is 0 Å². The molecule has 0 amide bonds. The van der Waals surface area contributed by atoms with E-state index in [0.717, 1.165) is 64.2 Å². The number of aliphatic hydroxyl groups is 2. The van der Waals surface area contributed by atoms with Gasteiger partial charge in [-0.1, -0.05) is 154 Å². The fourth-order valence-electron chi connectivity index (χ4n) is 5.31. The van der Waals surface area contributed by atoms with E-state index in [1.807, 2.05) is 13.8 Å². The standard InChI is InChI=1S/2C18H36O3.Ba/c2*1-17(19)15-13-11-9-7-5-3-2-4-6-8-10-12-14-16-18(20)21;/h2*17,19H,2-16H2,1H3,(H,20,21);/q;;+2/p-2. The Morgan fingerprint density at radius 3 is 0.721 bits per heavy atom. The molecule has 0 aromatic rings. The Balaban J connectivity index is -0.000000727. The maximum Gasteiger partial charge on any atom is 2.00 e. The molecule has 0 aliphatic carbocycles. The molecule has 252 valence electrons. The van der Waals surface area contributed by atoms with Gasteiger partial charge in [-0.05, 0) is 52.4 Å². The number of carbonyl (C=O) groups excluding carboxylic acids is 2. The Hall–Kier alpha value is 0.431. The van der Waals surface area contributed by atoms with Crippen LogP contribution in [0.4, 0.5) is 0 Å². The van der Waals surface area contributed by atoms with Gasteiger partial charge in [0.25, 0.3) is 0 Å². The summed E-state index contributed by atoms with van der Waals surface area (Å²) in [6.07, 6.45) is 33.9. The van der Waals surface area contributed by atoms with Crippen LogP contribution in [0.2, 0.25) is 0 Å². The van der Waals surface area contributed by atoms with Crippen molar-refractivity contribution in [2.75, 3.05) is 0 Å². The van der Waals surface area contributed by atoms with E-state index >= 15 is 0 Å². The molecular formula is C36H70BaO6. The molecule has 0 fully saturated rings. The molecule has 2 N–H and O–H groups in total. The van der Waals surface area contributed by atoms with Gasteiger partial charge in [0, 0.05) is 11.9 Å². The number of aliphatic carboxylic acids is 2. The van der Waals surface area contributed by atoms with Gasteiger partial charge in [0.05, 0.1) is 12.2 Å². The quantitative estimate of drug-likeness (QED) is 0.0544. The Bertz CT molecular complexity index is 508. The summed E-state index contributed by atoms with van der Waals surface area (Å²) in [5, 5.41) is 38.7. The minimum atomic E-state index is -0.916. The van der Waals surface area contributed by atoms with Crippen LogP contribution in [-0.4, -0.2) is 83.2 Å². The Kier molecular flexibility index (Phi) is 45.0. The maximum absolute atomic E-state index is 10.2. The molecule has 6 nitrogen and oxygen atoms in total. The number of aliphatic hydroxyl groups excluding tert-OH is 2. The number of carbonyl (C=O) groups is 2. The number of rotatable bonds is 32. The van der Waals surface area contributed by atoms with Crippen LogP contribution in [0, 0.1) is 0 Å². The second kappa shape index (κ2) is 40.5. The number of carboxylic acids is 2. The number of hydrogen-bond acceptors (Lipinski definition) is 6. The van der Waals surface area contributed by atoms with E-state index in [9.17, 15) is 19.8 Å². The molecule has 0 aliphatic heterocycles. The molecule has 0 aromatic carbocycles. The third-order valence-corrected chi connectivity index (χ3v) is 8.01. The second-order valence-corrected chi connectivity index (χ2v) is 12.7. The summed E-state index contributed by atoms with van der Waals surface area (Å²) in [4.78, 5) is 20.5. The second-order valence-electron chi connectivity index (χ2n) is 12.7. The summed E-state index contributed by atoms with van der Waals surface area (Å²) < 4.78 is 0. The van der Waals surface area contributed by atoms with Crippen LogP contribution in [0.25, 0.3) is 0 Å². The van der Waals surface area contributed by atoms with Crippen LogP contribution in [0.15, 0.2) is 0 Å². The number of hydrogen-bond donors (Lipinski definition) is 2. The minimum Gasteiger partial charge on any atom is -0.550 e. The average molecular weight is 736 g/mol. The molecule has 0 rings (SSSR count). The van der Waals surface area contributed by atoms with Gasteiger partial charge in [-0.2, -0.15) is 0 Å². The average Bonchev–Trinajstić information content (AvgIpc) is 2.92. The van der Waals surface area contributed by atoms with Gasteiger partial charge in [-0.25, -0.2) is 0 Å². The molecule has 0 aliphatic rings. The number of carboxylic acid groups (broad SMARTS) is 2. The summed E-state index contributed by atoms with van der Waals surface area (Å²) in [5.41, 5.74) is 0. The predicted molar refractivity (Wildman–Crippen MR) is 178 cm³/mol. The molecule has 2 unspecified atom stereocenters. The van der Waals surface area contributed by atoms with E-state index in [1.165, 1.54) is 116 Å². The van der Waals surface area contributed by atoms with E-state index < -0.39 is 11.9 Å². The molecule has 0 spiro atoms. The van der Waals surface area contributed by atoms with Gasteiger partial charge in [0.1, 0.15) is 0 Å². The zero-order valence-corrected chi connectivity index (χ0v) is 33.0. The van der Waals surface area contributed by atoms with Gasteiger partial charge in [-0.15, -0.1) is 0 Å². The van der Waals surface area contributed by atoms with Crippen molar-refractivity contribution in [2.45, 2.75) is 219 Å². The van der Waals surface area contributed by atoms with Crippen molar-refractivity contribution in [3.05, 3.63) is 0 Å². The van der Waals surface area contributed by atoms with Gasteiger partial charge >= 0.3 is 48.9 Å². The summed E-state index contributed by atoms with van der Waals surface area (Å²) in [6.45, 7) is 3.73. The van der Waals surface area contributed by atoms with Gasteiger partial charge in [0.2, 0.25) is 0 Å². The topological polar surface area (TPSA) is 121 Å². The van der Waals surface area contributed by atoms with Crippen molar-refractivity contribution in [1.29, 1.82) is 0 Å². The van der Waals surface area contributed by atoms with Crippen LogP contribution in [0.1, 0.15) is 206 Å². The zero-order valence-electron chi connectivity index (χ0n) is 28.6. The van der Waals surface area contributed by atoms with Gasteiger partial charge in [0.15, 0.2) is 0 Å². The van der Waals surface area contributed by atoms with Gasteiger partial charge < -0.3 is 30.0 Å². The van der Waals surface area contributed by atoms with Crippen molar-refractivity contribution < 1.29 is 30.0 Å². The zero-order chi connectivity index (χ0) is 31.5. The third-order valence-electron chi connectivity index (χ3n) is 8.01. The van der Waals surface area contributed by atoms with E-state index in [1.54, 1.807) is 0 Å². The fraction of sp³-hybridized carbons (Fsp3) is 0.944. The molecular weight excluding hydrogens is 666 g/mol. The molecule has 0 aromatic heterocycles. The first-order valence-corrected chi connectivity index (χ1v) is 18.0. The van der Waals surface area contributed by atoms with Crippen LogP contribution in [0.5, 0.6) is 0 Å². The van der Waals surface area contributed by atoms with E-state index in [4.69, 9.17) is 10.2 Å². The van der Waals surface area contributed by atoms with Crippen molar-refractivity contribution in [3.63, 3.8) is 0 Å². The Morgan fingerprint density at radius 1 is 0.395 bits per heavy atom. The predicted octanol–water partition coefficient (Wildman–Crippen LogP) is 7.56. The fourth-order valence-corrected chi connectivity index (χ4v) is 5.31. The Morgan fingerprint density at radius 2 is 0.558 bits per heavy atom. The van der Waals surface area contributed by atoms with Crippen molar-refractivity contribution in [3.8, 4) is 0 Å².